The smallest absolute Gasteiger partial charge is 0.407 e. The van der Waals surface area contributed by atoms with E-state index in [1.165, 1.54) is 12.1 Å². The van der Waals surface area contributed by atoms with Gasteiger partial charge in [-0.25, -0.2) is 4.79 Å². The normalized spacial score (nSPS) is 13.7. The topological polar surface area (TPSA) is 146 Å². The highest BCUT2D eigenvalue weighted by Crippen LogP contribution is 2.44. The second-order valence-corrected chi connectivity index (χ2v) is 8.20. The molecule has 9 nitrogen and oxygen atoms in total. The maximum Gasteiger partial charge on any atom is 0.407 e. The van der Waals surface area contributed by atoms with Gasteiger partial charge in [-0.1, -0.05) is 48.5 Å². The molecule has 2 unspecified atom stereocenters. The van der Waals surface area contributed by atoms with Crippen LogP contribution >= 0.6 is 0 Å². The van der Waals surface area contributed by atoms with Crippen LogP contribution in [0.25, 0.3) is 11.1 Å². The molecule has 0 aromatic heterocycles. The minimum Gasteiger partial charge on any atom is -0.449 e. The molecule has 0 aliphatic heterocycles. The Hall–Kier alpha value is -4.26. The second kappa shape index (κ2) is 10.3. The Balaban J connectivity index is 1.31. The number of hydrogen-bond acceptors (Lipinski definition) is 7. The zero-order valence-electron chi connectivity index (χ0n) is 18.6. The van der Waals surface area contributed by atoms with Crippen LogP contribution in [0.5, 0.6) is 0 Å². The average Bonchev–Trinajstić information content (AvgIpc) is 3.20. The lowest BCUT2D eigenvalue weighted by molar-refractivity contribution is -0.386. The predicted molar refractivity (Wildman–Crippen MR) is 126 cm³/mol. The summed E-state index contributed by atoms with van der Waals surface area (Å²) in [6.45, 7) is 0.126. The number of nitriles is 1. The predicted octanol–water partition coefficient (Wildman–Crippen LogP) is 3.79. The molecule has 3 N–H and O–H groups in total. The van der Waals surface area contributed by atoms with Gasteiger partial charge < -0.3 is 20.3 Å². The van der Waals surface area contributed by atoms with Gasteiger partial charge in [0.05, 0.1) is 28.2 Å². The number of aliphatic hydroxyl groups excluding tert-OH is 2. The van der Waals surface area contributed by atoms with Crippen molar-refractivity contribution in [2.45, 2.75) is 24.5 Å². The molecular formula is C26H23N3O6. The SMILES string of the molecule is N#Cc1ccc(C(O)C(O)CCNC(=O)OCC2c3ccccc3-c3ccccc32)c([N+](=O)[O-])c1. The number of nitro groups is 1. The molecule has 0 radical (unpaired) electrons. The van der Waals surface area contributed by atoms with Gasteiger partial charge in [0.25, 0.3) is 5.69 Å². The number of rotatable bonds is 8. The summed E-state index contributed by atoms with van der Waals surface area (Å²) in [5.74, 6) is -0.0857. The van der Waals surface area contributed by atoms with Crippen LogP contribution in [0.3, 0.4) is 0 Å². The van der Waals surface area contributed by atoms with E-state index in [1.54, 1.807) is 6.07 Å². The van der Waals surface area contributed by atoms with E-state index in [0.29, 0.717) is 0 Å². The van der Waals surface area contributed by atoms with Gasteiger partial charge in [-0.05, 0) is 40.8 Å². The van der Waals surface area contributed by atoms with Gasteiger partial charge in [0.15, 0.2) is 0 Å². The Bertz CT molecular complexity index is 1260. The Morgan fingerprint density at radius 3 is 2.31 bits per heavy atom. The summed E-state index contributed by atoms with van der Waals surface area (Å²) in [6, 6.07) is 21.4. The molecule has 1 aliphatic carbocycles. The van der Waals surface area contributed by atoms with E-state index in [1.807, 2.05) is 48.5 Å². The first-order valence-electron chi connectivity index (χ1n) is 11.0. The quantitative estimate of drug-likeness (QED) is 0.333. The maximum atomic E-state index is 12.3. The first kappa shape index (κ1) is 23.9. The van der Waals surface area contributed by atoms with Gasteiger partial charge in [-0.2, -0.15) is 5.26 Å². The zero-order valence-corrected chi connectivity index (χ0v) is 18.6. The molecule has 9 heteroatoms. The van der Waals surface area contributed by atoms with E-state index < -0.39 is 28.9 Å². The van der Waals surface area contributed by atoms with Crippen LogP contribution in [0.15, 0.2) is 66.7 Å². The van der Waals surface area contributed by atoms with Crippen molar-refractivity contribution in [3.8, 4) is 17.2 Å². The van der Waals surface area contributed by atoms with E-state index in [-0.39, 0.29) is 36.6 Å². The Labute approximate surface area is 201 Å². The van der Waals surface area contributed by atoms with Crippen LogP contribution < -0.4 is 5.32 Å². The van der Waals surface area contributed by atoms with Crippen LogP contribution in [0, 0.1) is 21.4 Å². The van der Waals surface area contributed by atoms with Gasteiger partial charge in [0.1, 0.15) is 12.7 Å². The molecule has 4 rings (SSSR count). The highest BCUT2D eigenvalue weighted by molar-refractivity contribution is 5.79. The summed E-state index contributed by atoms with van der Waals surface area (Å²) in [4.78, 5) is 22.8. The molecule has 3 aromatic rings. The number of alkyl carbamates (subject to hydrolysis) is 1. The molecule has 1 aliphatic rings. The molecule has 2 atom stereocenters. The molecule has 0 fully saturated rings. The second-order valence-electron chi connectivity index (χ2n) is 8.20. The van der Waals surface area contributed by atoms with Crippen LogP contribution in [-0.4, -0.2) is 40.5 Å². The highest BCUT2D eigenvalue weighted by Gasteiger charge is 2.29. The van der Waals surface area contributed by atoms with Crippen molar-refractivity contribution in [2.75, 3.05) is 13.2 Å². The molecule has 0 saturated heterocycles. The van der Waals surface area contributed by atoms with E-state index in [9.17, 15) is 25.1 Å². The standard InChI is InChI=1S/C26H23N3O6/c27-14-16-9-10-21(23(13-16)29(33)34)25(31)24(30)11-12-28-26(32)35-15-22-19-7-3-1-5-17(19)18-6-2-4-8-20(18)22/h1-10,13,22,24-25,30-31H,11-12,15H2,(H,28,32). The summed E-state index contributed by atoms with van der Waals surface area (Å²) in [5.41, 5.74) is 3.91. The molecule has 1 amide bonds. The molecule has 0 saturated carbocycles. The van der Waals surface area contributed by atoms with Crippen LogP contribution in [0.2, 0.25) is 0 Å². The number of hydrogen-bond donors (Lipinski definition) is 3. The van der Waals surface area contributed by atoms with Gasteiger partial charge >= 0.3 is 6.09 Å². The fraction of sp³-hybridized carbons (Fsp3) is 0.231. The maximum absolute atomic E-state index is 12.3. The highest BCUT2D eigenvalue weighted by atomic mass is 16.6. The van der Waals surface area contributed by atoms with Crippen molar-refractivity contribution in [3.05, 3.63) is 99.1 Å². The number of ether oxygens (including phenoxy) is 1. The number of benzene rings is 3. The molecule has 0 heterocycles. The monoisotopic (exact) mass is 473 g/mol. The number of nitro benzene ring substituents is 1. The lowest BCUT2D eigenvalue weighted by Gasteiger charge is -2.19. The largest absolute Gasteiger partial charge is 0.449 e. The molecule has 0 spiro atoms. The minimum absolute atomic E-state index is 0.0149. The Morgan fingerprint density at radius 1 is 1.09 bits per heavy atom. The van der Waals surface area contributed by atoms with Crippen molar-refractivity contribution in [1.29, 1.82) is 5.26 Å². The zero-order chi connectivity index (χ0) is 24.9. The first-order chi connectivity index (χ1) is 16.9. The number of fused-ring (bicyclic) bond motifs is 3. The first-order valence-corrected chi connectivity index (χ1v) is 11.0. The van der Waals surface area contributed by atoms with Crippen LogP contribution in [-0.2, 0) is 4.74 Å². The number of carbonyl (C=O) groups is 1. The fourth-order valence-electron chi connectivity index (χ4n) is 4.36. The molecule has 3 aromatic carbocycles. The van der Waals surface area contributed by atoms with Crippen molar-refractivity contribution in [1.82, 2.24) is 5.32 Å². The van der Waals surface area contributed by atoms with Crippen molar-refractivity contribution in [3.63, 3.8) is 0 Å². The van der Waals surface area contributed by atoms with E-state index >= 15 is 0 Å². The third-order valence-corrected chi connectivity index (χ3v) is 6.09. The minimum atomic E-state index is -1.56. The van der Waals surface area contributed by atoms with Crippen molar-refractivity contribution < 1.29 is 24.7 Å². The van der Waals surface area contributed by atoms with Crippen LogP contribution in [0.1, 0.15) is 40.7 Å². The van der Waals surface area contributed by atoms with Crippen LogP contribution in [0.4, 0.5) is 10.5 Å². The van der Waals surface area contributed by atoms with Gasteiger partial charge in [0.2, 0.25) is 0 Å². The molecule has 178 valence electrons. The molecule has 35 heavy (non-hydrogen) atoms. The van der Waals surface area contributed by atoms with E-state index in [2.05, 4.69) is 5.32 Å². The third kappa shape index (κ3) is 4.99. The fourth-order valence-corrected chi connectivity index (χ4v) is 4.36. The molecular weight excluding hydrogens is 450 g/mol. The summed E-state index contributed by atoms with van der Waals surface area (Å²) < 4.78 is 5.43. The van der Waals surface area contributed by atoms with Gasteiger partial charge in [-0.3, -0.25) is 10.1 Å². The average molecular weight is 473 g/mol. The summed E-state index contributed by atoms with van der Waals surface area (Å²) in [6.07, 6.45) is -3.68. The Morgan fingerprint density at radius 2 is 1.71 bits per heavy atom. The van der Waals surface area contributed by atoms with E-state index in [4.69, 9.17) is 10.00 Å². The summed E-state index contributed by atoms with van der Waals surface area (Å²) >= 11 is 0. The number of aliphatic hydroxyl groups is 2. The van der Waals surface area contributed by atoms with Gasteiger partial charge in [0, 0.05) is 18.5 Å². The summed E-state index contributed by atoms with van der Waals surface area (Å²) in [7, 11) is 0. The number of nitrogens with one attached hydrogen (secondary N) is 1. The van der Waals surface area contributed by atoms with Crippen molar-refractivity contribution in [2.24, 2.45) is 0 Å². The number of carbonyl (C=O) groups excluding carboxylic acids is 1. The number of nitrogens with zero attached hydrogens (tertiary/aromatic N) is 2. The van der Waals surface area contributed by atoms with E-state index in [0.717, 1.165) is 28.3 Å². The van der Waals surface area contributed by atoms with Crippen molar-refractivity contribution >= 4 is 11.8 Å². The summed E-state index contributed by atoms with van der Waals surface area (Å²) in [5, 5.41) is 43.5. The van der Waals surface area contributed by atoms with Gasteiger partial charge in [-0.15, -0.1) is 0 Å². The number of amides is 1. The Kier molecular flexibility index (Phi) is 7.06. The lowest BCUT2D eigenvalue weighted by atomic mass is 9.98. The third-order valence-electron chi connectivity index (χ3n) is 6.09. The molecule has 0 bridgehead atoms. The lowest BCUT2D eigenvalue weighted by Crippen LogP contribution is -2.30.